The summed E-state index contributed by atoms with van der Waals surface area (Å²) in [5, 5.41) is 10.3. The molecule has 1 aromatic rings. The molecule has 2 fully saturated rings. The topological polar surface area (TPSA) is 23.5 Å². The zero-order valence-electron chi connectivity index (χ0n) is 12.4. The molecule has 20 heavy (non-hydrogen) atoms. The molecule has 0 bridgehead atoms. The van der Waals surface area contributed by atoms with Gasteiger partial charge in [0, 0.05) is 13.1 Å². The van der Waals surface area contributed by atoms with Crippen LogP contribution in [-0.2, 0) is 0 Å². The molecule has 0 aromatic heterocycles. The summed E-state index contributed by atoms with van der Waals surface area (Å²) in [6.07, 6.45) is 7.26. The van der Waals surface area contributed by atoms with E-state index in [0.29, 0.717) is 11.8 Å². The monoisotopic (exact) mass is 273 g/mol. The third-order valence-electron chi connectivity index (χ3n) is 5.16. The summed E-state index contributed by atoms with van der Waals surface area (Å²) in [4.78, 5) is 2.58. The smallest absolute Gasteiger partial charge is 0.0580 e. The first-order chi connectivity index (χ1) is 9.83. The highest BCUT2D eigenvalue weighted by atomic mass is 16.3. The average molecular weight is 273 g/mol. The van der Waals surface area contributed by atoms with Crippen LogP contribution in [0.5, 0.6) is 0 Å². The molecule has 2 heteroatoms. The predicted molar refractivity (Wildman–Crippen MR) is 82.8 cm³/mol. The highest BCUT2D eigenvalue weighted by Gasteiger charge is 2.28. The van der Waals surface area contributed by atoms with Crippen LogP contribution in [-0.4, -0.2) is 35.7 Å². The Morgan fingerprint density at radius 3 is 2.65 bits per heavy atom. The molecule has 1 aliphatic carbocycles. The van der Waals surface area contributed by atoms with Crippen molar-refractivity contribution in [3.05, 3.63) is 35.9 Å². The molecule has 0 spiro atoms. The van der Waals surface area contributed by atoms with E-state index >= 15 is 0 Å². The fourth-order valence-corrected chi connectivity index (χ4v) is 3.91. The van der Waals surface area contributed by atoms with Gasteiger partial charge in [0.15, 0.2) is 0 Å². The van der Waals surface area contributed by atoms with Crippen LogP contribution in [0.3, 0.4) is 0 Å². The fraction of sp³-hybridized carbons (Fsp3) is 0.667. The SMILES string of the molecule is OC1CCCCCC1CN1CCC(c2ccccc2)C1. The molecule has 110 valence electrons. The number of likely N-dealkylation sites (tertiary alicyclic amines) is 1. The lowest BCUT2D eigenvalue weighted by atomic mass is 9.96. The van der Waals surface area contributed by atoms with Gasteiger partial charge in [-0.2, -0.15) is 0 Å². The Kier molecular flexibility index (Phi) is 4.74. The van der Waals surface area contributed by atoms with Gasteiger partial charge in [-0.05, 0) is 43.2 Å². The molecule has 2 aliphatic rings. The summed E-state index contributed by atoms with van der Waals surface area (Å²) < 4.78 is 0. The van der Waals surface area contributed by atoms with Gasteiger partial charge in [0.05, 0.1) is 6.10 Å². The normalized spacial score (nSPS) is 32.1. The van der Waals surface area contributed by atoms with Crippen molar-refractivity contribution >= 4 is 0 Å². The number of benzene rings is 1. The summed E-state index contributed by atoms with van der Waals surface area (Å²) in [6.45, 7) is 3.47. The van der Waals surface area contributed by atoms with Crippen LogP contribution in [0.2, 0.25) is 0 Å². The van der Waals surface area contributed by atoms with Crippen molar-refractivity contribution in [3.8, 4) is 0 Å². The van der Waals surface area contributed by atoms with Gasteiger partial charge >= 0.3 is 0 Å². The van der Waals surface area contributed by atoms with Crippen LogP contribution < -0.4 is 0 Å². The number of nitrogens with zero attached hydrogens (tertiary/aromatic N) is 1. The minimum absolute atomic E-state index is 0.0618. The minimum Gasteiger partial charge on any atom is -0.393 e. The number of hydrogen-bond donors (Lipinski definition) is 1. The van der Waals surface area contributed by atoms with Crippen molar-refractivity contribution < 1.29 is 5.11 Å². The summed E-state index contributed by atoms with van der Waals surface area (Å²) in [5.74, 6) is 1.20. The highest BCUT2D eigenvalue weighted by Crippen LogP contribution is 2.30. The summed E-state index contributed by atoms with van der Waals surface area (Å²) in [6, 6.07) is 10.9. The first kappa shape index (κ1) is 14.1. The predicted octanol–water partition coefficient (Wildman–Crippen LogP) is 3.42. The number of aliphatic hydroxyl groups is 1. The molecule has 1 N–H and O–H groups in total. The zero-order valence-corrected chi connectivity index (χ0v) is 12.4. The maximum absolute atomic E-state index is 10.3. The molecule has 1 aliphatic heterocycles. The van der Waals surface area contributed by atoms with Gasteiger partial charge in [0.1, 0.15) is 0 Å². The van der Waals surface area contributed by atoms with Gasteiger partial charge in [-0.1, -0.05) is 49.6 Å². The molecule has 3 rings (SSSR count). The standard InChI is InChI=1S/C18H27NO/c20-18-10-6-2-5-9-17(18)14-19-12-11-16(13-19)15-7-3-1-4-8-15/h1,3-4,7-8,16-18,20H,2,5-6,9-14H2. The van der Waals surface area contributed by atoms with Crippen LogP contribution in [0.4, 0.5) is 0 Å². The molecule has 0 radical (unpaired) electrons. The number of aliphatic hydroxyl groups excluding tert-OH is 1. The van der Waals surface area contributed by atoms with E-state index in [1.807, 2.05) is 0 Å². The molecule has 3 unspecified atom stereocenters. The Morgan fingerprint density at radius 1 is 1.00 bits per heavy atom. The van der Waals surface area contributed by atoms with Gasteiger partial charge in [-0.3, -0.25) is 0 Å². The number of hydrogen-bond acceptors (Lipinski definition) is 2. The van der Waals surface area contributed by atoms with Crippen molar-refractivity contribution in [1.29, 1.82) is 0 Å². The Bertz CT molecular complexity index is 405. The van der Waals surface area contributed by atoms with Gasteiger partial charge in [0.2, 0.25) is 0 Å². The van der Waals surface area contributed by atoms with Crippen molar-refractivity contribution in [2.75, 3.05) is 19.6 Å². The largest absolute Gasteiger partial charge is 0.393 e. The first-order valence-electron chi connectivity index (χ1n) is 8.28. The van der Waals surface area contributed by atoms with Crippen LogP contribution in [0.25, 0.3) is 0 Å². The van der Waals surface area contributed by atoms with E-state index in [1.165, 1.54) is 50.8 Å². The molecule has 3 atom stereocenters. The van der Waals surface area contributed by atoms with Crippen LogP contribution in [0.15, 0.2) is 30.3 Å². The maximum Gasteiger partial charge on any atom is 0.0580 e. The molecular formula is C18H27NO. The number of rotatable bonds is 3. The fourth-order valence-electron chi connectivity index (χ4n) is 3.91. The van der Waals surface area contributed by atoms with Gasteiger partial charge in [0.25, 0.3) is 0 Å². The Morgan fingerprint density at radius 2 is 1.80 bits per heavy atom. The van der Waals surface area contributed by atoms with Gasteiger partial charge in [-0.15, -0.1) is 0 Å². The third-order valence-corrected chi connectivity index (χ3v) is 5.16. The second-order valence-corrected chi connectivity index (χ2v) is 6.62. The van der Waals surface area contributed by atoms with Gasteiger partial charge in [-0.25, -0.2) is 0 Å². The highest BCUT2D eigenvalue weighted by molar-refractivity contribution is 5.21. The lowest BCUT2D eigenvalue weighted by Gasteiger charge is -2.26. The average Bonchev–Trinajstić information content (AvgIpc) is 2.86. The van der Waals surface area contributed by atoms with Crippen LogP contribution >= 0.6 is 0 Å². The molecule has 1 saturated carbocycles. The second-order valence-electron chi connectivity index (χ2n) is 6.62. The minimum atomic E-state index is -0.0618. The van der Waals surface area contributed by atoms with E-state index in [0.717, 1.165) is 13.0 Å². The molecular weight excluding hydrogens is 246 g/mol. The molecule has 1 saturated heterocycles. The van der Waals surface area contributed by atoms with Gasteiger partial charge < -0.3 is 10.0 Å². The summed E-state index contributed by atoms with van der Waals surface area (Å²) >= 11 is 0. The lowest BCUT2D eigenvalue weighted by Crippen LogP contribution is -2.33. The van der Waals surface area contributed by atoms with E-state index in [-0.39, 0.29) is 6.10 Å². The van der Waals surface area contributed by atoms with E-state index < -0.39 is 0 Å². The van der Waals surface area contributed by atoms with Crippen LogP contribution in [0.1, 0.15) is 50.0 Å². The van der Waals surface area contributed by atoms with Crippen molar-refractivity contribution in [1.82, 2.24) is 4.90 Å². The molecule has 1 heterocycles. The van der Waals surface area contributed by atoms with Crippen molar-refractivity contribution in [2.24, 2.45) is 5.92 Å². The van der Waals surface area contributed by atoms with Crippen molar-refractivity contribution in [2.45, 2.75) is 50.5 Å². The zero-order chi connectivity index (χ0) is 13.8. The van der Waals surface area contributed by atoms with E-state index in [9.17, 15) is 5.11 Å². The second kappa shape index (κ2) is 6.73. The summed E-state index contributed by atoms with van der Waals surface area (Å²) in [7, 11) is 0. The van der Waals surface area contributed by atoms with E-state index in [1.54, 1.807) is 0 Å². The lowest BCUT2D eigenvalue weighted by molar-refractivity contribution is 0.0788. The Hall–Kier alpha value is -0.860. The molecule has 1 aromatic carbocycles. The first-order valence-corrected chi connectivity index (χ1v) is 8.28. The molecule has 0 amide bonds. The van der Waals surface area contributed by atoms with Crippen molar-refractivity contribution in [3.63, 3.8) is 0 Å². The Labute approximate surface area is 122 Å². The third kappa shape index (κ3) is 3.42. The van der Waals surface area contributed by atoms with E-state index in [2.05, 4.69) is 35.2 Å². The maximum atomic E-state index is 10.3. The van der Waals surface area contributed by atoms with Crippen LogP contribution in [0, 0.1) is 5.92 Å². The quantitative estimate of drug-likeness (QED) is 0.853. The summed E-state index contributed by atoms with van der Waals surface area (Å²) in [5.41, 5.74) is 1.48. The molecule has 2 nitrogen and oxygen atoms in total. The Balaban J connectivity index is 1.55. The van der Waals surface area contributed by atoms with E-state index in [4.69, 9.17) is 0 Å².